The molecule has 1 aliphatic heterocycles. The van der Waals surface area contributed by atoms with Crippen LogP contribution in [0.3, 0.4) is 0 Å². The number of rotatable bonds is 1. The molecule has 102 valence electrons. The second-order valence-corrected chi connectivity index (χ2v) is 4.03. The molecule has 1 aliphatic rings. The van der Waals surface area contributed by atoms with Crippen molar-refractivity contribution in [2.24, 2.45) is 0 Å². The van der Waals surface area contributed by atoms with Crippen molar-refractivity contribution in [3.63, 3.8) is 0 Å². The predicted molar refractivity (Wildman–Crippen MR) is 57.9 cm³/mol. The van der Waals surface area contributed by atoms with Crippen molar-refractivity contribution in [2.75, 3.05) is 11.4 Å². The van der Waals surface area contributed by atoms with E-state index in [4.69, 9.17) is 5.11 Å². The zero-order valence-corrected chi connectivity index (χ0v) is 9.57. The summed E-state index contributed by atoms with van der Waals surface area (Å²) in [4.78, 5) is 26.4. The second-order valence-electron chi connectivity index (χ2n) is 4.03. The molecule has 0 radical (unpaired) electrons. The lowest BCUT2D eigenvalue weighted by atomic mass is 10.1. The smallest absolute Gasteiger partial charge is 0.471 e. The monoisotopic (exact) mass is 274 g/mol. The quantitative estimate of drug-likeness (QED) is 0.844. The molecule has 1 amide bonds. The molecule has 2 heterocycles. The van der Waals surface area contributed by atoms with Crippen LogP contribution in [-0.4, -0.2) is 34.7 Å². The minimum Gasteiger partial charge on any atom is -0.477 e. The maximum absolute atomic E-state index is 12.4. The zero-order chi connectivity index (χ0) is 14.2. The van der Waals surface area contributed by atoms with E-state index in [-0.39, 0.29) is 23.6 Å². The molecule has 2 rings (SSSR count). The predicted octanol–water partition coefficient (Wildman–Crippen LogP) is 1.62. The van der Waals surface area contributed by atoms with Gasteiger partial charge in [-0.05, 0) is 25.0 Å². The van der Waals surface area contributed by atoms with Gasteiger partial charge in [-0.1, -0.05) is 0 Å². The van der Waals surface area contributed by atoms with E-state index in [1.807, 2.05) is 0 Å². The van der Waals surface area contributed by atoms with Crippen molar-refractivity contribution in [3.05, 3.63) is 23.5 Å². The van der Waals surface area contributed by atoms with E-state index in [0.29, 0.717) is 17.7 Å². The van der Waals surface area contributed by atoms with Gasteiger partial charge in [0.15, 0.2) is 0 Å². The Morgan fingerprint density at radius 1 is 1.32 bits per heavy atom. The Hall–Kier alpha value is -2.12. The summed E-state index contributed by atoms with van der Waals surface area (Å²) in [6.07, 6.45) is -4.30. The average molecular weight is 274 g/mol. The Morgan fingerprint density at radius 3 is 2.58 bits per heavy atom. The lowest BCUT2D eigenvalue weighted by molar-refractivity contribution is -0.170. The van der Waals surface area contributed by atoms with Gasteiger partial charge >= 0.3 is 18.1 Å². The first-order valence-corrected chi connectivity index (χ1v) is 5.42. The van der Waals surface area contributed by atoms with Gasteiger partial charge < -0.3 is 10.0 Å². The number of carbonyl (C=O) groups excluding carboxylic acids is 1. The molecule has 0 aliphatic carbocycles. The molecule has 1 aromatic rings. The summed E-state index contributed by atoms with van der Waals surface area (Å²) in [5.74, 6) is -3.22. The standard InChI is InChI=1S/C11H9F3N2O3/c12-11(13,14)10(19)16-5-1-2-6-8(16)4-3-7(15-6)9(17)18/h3-4H,1-2,5H2,(H,17,18). The number of carboxylic acid groups (broad SMARTS) is 1. The van der Waals surface area contributed by atoms with Crippen LogP contribution in [0.5, 0.6) is 0 Å². The molecule has 0 unspecified atom stereocenters. The summed E-state index contributed by atoms with van der Waals surface area (Å²) in [5.41, 5.74) is -0.0256. The first-order valence-electron chi connectivity index (χ1n) is 5.42. The number of anilines is 1. The van der Waals surface area contributed by atoms with Crippen LogP contribution in [0.1, 0.15) is 22.6 Å². The van der Waals surface area contributed by atoms with E-state index in [0.717, 1.165) is 6.07 Å². The van der Waals surface area contributed by atoms with Crippen molar-refractivity contribution < 1.29 is 27.9 Å². The number of aryl methyl sites for hydroxylation is 1. The van der Waals surface area contributed by atoms with E-state index in [1.54, 1.807) is 0 Å². The molecule has 1 aromatic heterocycles. The third kappa shape index (κ3) is 2.51. The fourth-order valence-electron chi connectivity index (χ4n) is 1.93. The lowest BCUT2D eigenvalue weighted by Crippen LogP contribution is -2.44. The first kappa shape index (κ1) is 13.3. The SMILES string of the molecule is O=C(O)c1ccc2c(n1)CCCN2C(=O)C(F)(F)F. The Labute approximate surface area is 105 Å². The molecular formula is C11H9F3N2O3. The van der Waals surface area contributed by atoms with Gasteiger partial charge in [-0.25, -0.2) is 9.78 Å². The number of hydrogen-bond acceptors (Lipinski definition) is 3. The zero-order valence-electron chi connectivity index (χ0n) is 9.57. The molecule has 8 heteroatoms. The molecule has 0 atom stereocenters. The van der Waals surface area contributed by atoms with Gasteiger partial charge in [0.2, 0.25) is 0 Å². The first-order chi connectivity index (χ1) is 8.80. The summed E-state index contributed by atoms with van der Waals surface area (Å²) in [6, 6.07) is 2.28. The van der Waals surface area contributed by atoms with Crippen molar-refractivity contribution in [2.45, 2.75) is 19.0 Å². The number of aromatic nitrogens is 1. The highest BCUT2D eigenvalue weighted by Crippen LogP contribution is 2.30. The van der Waals surface area contributed by atoms with E-state index >= 15 is 0 Å². The second kappa shape index (κ2) is 4.52. The molecule has 0 aromatic carbocycles. The molecule has 19 heavy (non-hydrogen) atoms. The topological polar surface area (TPSA) is 70.5 Å². The molecule has 5 nitrogen and oxygen atoms in total. The summed E-state index contributed by atoms with van der Waals surface area (Å²) in [7, 11) is 0. The number of alkyl halides is 3. The summed E-state index contributed by atoms with van der Waals surface area (Å²) < 4.78 is 37.3. The van der Waals surface area contributed by atoms with Crippen LogP contribution < -0.4 is 4.90 Å². The number of fused-ring (bicyclic) bond motifs is 1. The van der Waals surface area contributed by atoms with E-state index < -0.39 is 18.1 Å². The van der Waals surface area contributed by atoms with Crippen molar-refractivity contribution in [1.29, 1.82) is 0 Å². The number of amides is 1. The lowest BCUT2D eigenvalue weighted by Gasteiger charge is -2.29. The largest absolute Gasteiger partial charge is 0.477 e. The molecule has 1 N–H and O–H groups in total. The fourth-order valence-corrected chi connectivity index (χ4v) is 1.93. The van der Waals surface area contributed by atoms with Crippen LogP contribution >= 0.6 is 0 Å². The normalized spacial score (nSPS) is 15.0. The van der Waals surface area contributed by atoms with E-state index in [2.05, 4.69) is 4.98 Å². The highest BCUT2D eigenvalue weighted by Gasteiger charge is 2.44. The van der Waals surface area contributed by atoms with E-state index in [9.17, 15) is 22.8 Å². The van der Waals surface area contributed by atoms with Gasteiger partial charge in [0.25, 0.3) is 0 Å². The van der Waals surface area contributed by atoms with Crippen LogP contribution in [0.15, 0.2) is 12.1 Å². The Kier molecular flexibility index (Phi) is 3.17. The van der Waals surface area contributed by atoms with Crippen molar-refractivity contribution in [1.82, 2.24) is 4.98 Å². The third-order valence-corrected chi connectivity index (χ3v) is 2.74. The van der Waals surface area contributed by atoms with Gasteiger partial charge in [-0.3, -0.25) is 4.79 Å². The molecule has 0 saturated heterocycles. The number of pyridine rings is 1. The van der Waals surface area contributed by atoms with Crippen LogP contribution in [0.4, 0.5) is 18.9 Å². The maximum atomic E-state index is 12.4. The van der Waals surface area contributed by atoms with Gasteiger partial charge in [0, 0.05) is 6.54 Å². The van der Waals surface area contributed by atoms with Crippen LogP contribution in [0.2, 0.25) is 0 Å². The summed E-state index contributed by atoms with van der Waals surface area (Å²) in [6.45, 7) is -0.0561. The number of carboxylic acids is 1. The fraction of sp³-hybridized carbons (Fsp3) is 0.364. The minimum absolute atomic E-state index is 0.0265. The van der Waals surface area contributed by atoms with Gasteiger partial charge in [-0.2, -0.15) is 13.2 Å². The highest BCUT2D eigenvalue weighted by molar-refractivity contribution is 5.98. The Morgan fingerprint density at radius 2 is 2.00 bits per heavy atom. The minimum atomic E-state index is -4.96. The van der Waals surface area contributed by atoms with Crippen molar-refractivity contribution in [3.8, 4) is 0 Å². The van der Waals surface area contributed by atoms with Gasteiger partial charge in [0.1, 0.15) is 5.69 Å². The molecule has 0 saturated carbocycles. The number of nitrogens with zero attached hydrogens (tertiary/aromatic N) is 2. The summed E-state index contributed by atoms with van der Waals surface area (Å²) in [5, 5.41) is 8.77. The number of halogens is 3. The van der Waals surface area contributed by atoms with Gasteiger partial charge in [-0.15, -0.1) is 0 Å². The molecule has 0 bridgehead atoms. The Bertz CT molecular complexity index is 542. The van der Waals surface area contributed by atoms with Crippen molar-refractivity contribution >= 4 is 17.6 Å². The van der Waals surface area contributed by atoms with E-state index in [1.165, 1.54) is 6.07 Å². The molecular weight excluding hydrogens is 265 g/mol. The summed E-state index contributed by atoms with van der Waals surface area (Å²) >= 11 is 0. The Balaban J connectivity index is 2.40. The number of aromatic carboxylic acids is 1. The molecule has 0 fully saturated rings. The molecule has 0 spiro atoms. The highest BCUT2D eigenvalue weighted by atomic mass is 19.4. The van der Waals surface area contributed by atoms with Crippen LogP contribution in [0, 0.1) is 0 Å². The number of hydrogen-bond donors (Lipinski definition) is 1. The average Bonchev–Trinajstić information content (AvgIpc) is 2.35. The maximum Gasteiger partial charge on any atom is 0.471 e. The van der Waals surface area contributed by atoms with Crippen LogP contribution in [0.25, 0.3) is 0 Å². The number of carbonyl (C=O) groups is 2. The van der Waals surface area contributed by atoms with Crippen LogP contribution in [-0.2, 0) is 11.2 Å². The van der Waals surface area contributed by atoms with Gasteiger partial charge in [0.05, 0.1) is 11.4 Å². The third-order valence-electron chi connectivity index (χ3n) is 2.74.